The molecule has 0 aliphatic carbocycles. The van der Waals surface area contributed by atoms with Crippen LogP contribution in [0.15, 0.2) is 27.4 Å². The molecule has 16 heteroatoms. The van der Waals surface area contributed by atoms with Gasteiger partial charge in [0.25, 0.3) is 0 Å². The van der Waals surface area contributed by atoms with Crippen molar-refractivity contribution in [3.63, 3.8) is 0 Å². The highest BCUT2D eigenvalue weighted by Crippen LogP contribution is 2.44. The van der Waals surface area contributed by atoms with Crippen LogP contribution >= 0.6 is 0 Å². The Hall–Kier alpha value is -3.45. The van der Waals surface area contributed by atoms with Crippen molar-refractivity contribution >= 4 is 21.9 Å². The number of aromatic hydroxyl groups is 2. The van der Waals surface area contributed by atoms with Crippen LogP contribution in [-0.4, -0.2) is 123 Å². The van der Waals surface area contributed by atoms with Gasteiger partial charge in [0.15, 0.2) is 35.4 Å². The number of hydrogen-bond acceptors (Lipinski definition) is 16. The van der Waals surface area contributed by atoms with Crippen molar-refractivity contribution in [2.75, 3.05) is 20.8 Å². The Morgan fingerprint density at radius 1 is 0.814 bits per heavy atom. The summed E-state index contributed by atoms with van der Waals surface area (Å²) in [5.41, 5.74) is -0.956. The van der Waals surface area contributed by atoms with Gasteiger partial charge in [-0.3, -0.25) is 4.79 Å². The second-order valence-electron chi connectivity index (χ2n) is 10.2. The van der Waals surface area contributed by atoms with Crippen molar-refractivity contribution in [1.82, 2.24) is 0 Å². The number of fused-ring (bicyclic) bond motifs is 2. The molecule has 2 aliphatic rings. The Bertz CT molecular complexity index is 1540. The number of aliphatic hydroxyl groups is 6. The summed E-state index contributed by atoms with van der Waals surface area (Å²) in [6.45, 7) is 0.647. The zero-order valence-corrected chi connectivity index (χ0v) is 23.1. The fourth-order valence-corrected chi connectivity index (χ4v) is 5.12. The van der Waals surface area contributed by atoms with E-state index in [1.807, 2.05) is 0 Å². The molecule has 8 N–H and O–H groups in total. The molecule has 236 valence electrons. The molecule has 2 fully saturated rings. The monoisotopic (exact) mass is 612 g/mol. The Morgan fingerprint density at radius 2 is 1.53 bits per heavy atom. The number of phenols is 2. The molecular formula is C27H32O16. The van der Waals surface area contributed by atoms with Crippen molar-refractivity contribution < 1.29 is 73.7 Å². The van der Waals surface area contributed by atoms with E-state index in [4.69, 9.17) is 32.8 Å². The highest BCUT2D eigenvalue weighted by atomic mass is 16.8. The first-order valence-corrected chi connectivity index (χ1v) is 13.1. The topological polar surface area (TPSA) is 247 Å². The predicted molar refractivity (Wildman–Crippen MR) is 142 cm³/mol. The molecule has 0 bridgehead atoms. The molecule has 3 aromatic rings. The largest absolute Gasteiger partial charge is 0.504 e. The summed E-state index contributed by atoms with van der Waals surface area (Å²) in [6, 6.07) is 3.55. The molecule has 16 nitrogen and oxygen atoms in total. The summed E-state index contributed by atoms with van der Waals surface area (Å²) in [7, 11) is 2.46. The molecule has 1 aromatic heterocycles. The highest BCUT2D eigenvalue weighted by molar-refractivity contribution is 5.96. The zero-order valence-electron chi connectivity index (χ0n) is 23.1. The van der Waals surface area contributed by atoms with Crippen LogP contribution in [0.2, 0.25) is 0 Å². The first-order chi connectivity index (χ1) is 20.4. The third-order valence-corrected chi connectivity index (χ3v) is 7.53. The lowest BCUT2D eigenvalue weighted by atomic mass is 9.97. The lowest BCUT2D eigenvalue weighted by Crippen LogP contribution is -2.64. The fraction of sp³-hybridized carbons (Fsp3) is 0.519. The summed E-state index contributed by atoms with van der Waals surface area (Å²) in [4.78, 5) is 13.3. The Kier molecular flexibility index (Phi) is 8.59. The summed E-state index contributed by atoms with van der Waals surface area (Å²) in [6.07, 6.45) is -15.8. The quantitative estimate of drug-likeness (QED) is 0.140. The van der Waals surface area contributed by atoms with Gasteiger partial charge in [-0.25, -0.2) is 0 Å². The van der Waals surface area contributed by atoms with Gasteiger partial charge in [0.2, 0.25) is 17.5 Å². The molecule has 0 spiro atoms. The van der Waals surface area contributed by atoms with Gasteiger partial charge < -0.3 is 73.7 Å². The van der Waals surface area contributed by atoms with Gasteiger partial charge >= 0.3 is 0 Å². The fourth-order valence-electron chi connectivity index (χ4n) is 5.12. The maximum absolute atomic E-state index is 13.3. The van der Waals surface area contributed by atoms with Crippen molar-refractivity contribution in [2.24, 2.45) is 0 Å². The maximum Gasteiger partial charge on any atom is 0.229 e. The summed E-state index contributed by atoms with van der Waals surface area (Å²) >= 11 is 0. The number of rotatable bonds is 7. The van der Waals surface area contributed by atoms with E-state index < -0.39 is 79.2 Å². The van der Waals surface area contributed by atoms with Gasteiger partial charge in [-0.05, 0) is 13.0 Å². The van der Waals surface area contributed by atoms with E-state index in [1.165, 1.54) is 27.2 Å². The number of benzene rings is 2. The average molecular weight is 613 g/mol. The molecule has 0 radical (unpaired) electrons. The predicted octanol–water partition coefficient (Wildman–Crippen LogP) is -1.59. The van der Waals surface area contributed by atoms with E-state index in [9.17, 15) is 45.6 Å². The van der Waals surface area contributed by atoms with E-state index >= 15 is 0 Å². The van der Waals surface area contributed by atoms with Crippen molar-refractivity contribution in [2.45, 2.75) is 68.3 Å². The molecular weight excluding hydrogens is 580 g/mol. The second kappa shape index (κ2) is 11.9. The van der Waals surface area contributed by atoms with E-state index in [-0.39, 0.29) is 44.9 Å². The minimum Gasteiger partial charge on any atom is -0.504 e. The molecule has 2 saturated heterocycles. The minimum absolute atomic E-state index is 0.00582. The Morgan fingerprint density at radius 3 is 2.19 bits per heavy atom. The first-order valence-electron chi connectivity index (χ1n) is 13.1. The molecule has 2 aromatic carbocycles. The normalized spacial score (nSPS) is 33.0. The molecule has 10 atom stereocenters. The molecule has 2 aliphatic heterocycles. The Labute approximate surface area is 242 Å². The van der Waals surface area contributed by atoms with Crippen LogP contribution in [0.5, 0.6) is 28.7 Å². The van der Waals surface area contributed by atoms with Gasteiger partial charge in [0.05, 0.1) is 32.3 Å². The van der Waals surface area contributed by atoms with Gasteiger partial charge in [-0.1, -0.05) is 0 Å². The number of methoxy groups -OCH3 is 2. The number of phenolic OH excluding ortho intramolecular Hbond substituents is 2. The van der Waals surface area contributed by atoms with Crippen LogP contribution in [-0.2, 0) is 14.2 Å². The van der Waals surface area contributed by atoms with E-state index in [2.05, 4.69) is 0 Å². The second-order valence-corrected chi connectivity index (χ2v) is 10.2. The smallest absolute Gasteiger partial charge is 0.229 e. The van der Waals surface area contributed by atoms with Crippen LogP contribution < -0.4 is 19.6 Å². The third-order valence-electron chi connectivity index (χ3n) is 7.53. The van der Waals surface area contributed by atoms with Crippen LogP contribution in [0.4, 0.5) is 0 Å². The summed E-state index contributed by atoms with van der Waals surface area (Å²) in [5.74, 6) is -1.69. The van der Waals surface area contributed by atoms with E-state index in [0.29, 0.717) is 0 Å². The number of aliphatic hydroxyl groups excluding tert-OH is 6. The molecule has 0 saturated carbocycles. The van der Waals surface area contributed by atoms with Crippen LogP contribution in [0, 0.1) is 0 Å². The van der Waals surface area contributed by atoms with Gasteiger partial charge in [-0.2, -0.15) is 0 Å². The SMILES string of the molecule is COc1cc2c(=O)c3c(O)c(OC)c(O[C@@H]4O[C@H](CO)[C@@H](O)[C@H](O)[C@H]4O[C@@H]4O[C@@H](C)[C@H](O)[C@H](O)[C@H]4O)cc3oc2cc1O. The first kappa shape index (κ1) is 31.0. The van der Waals surface area contributed by atoms with Crippen LogP contribution in [0.1, 0.15) is 6.92 Å². The van der Waals surface area contributed by atoms with Gasteiger partial charge in [0.1, 0.15) is 53.2 Å². The summed E-state index contributed by atoms with van der Waals surface area (Å²) in [5, 5.41) is 82.7. The molecule has 5 rings (SSSR count). The molecule has 43 heavy (non-hydrogen) atoms. The van der Waals surface area contributed by atoms with Gasteiger partial charge in [-0.15, -0.1) is 0 Å². The number of ether oxygens (including phenoxy) is 6. The lowest BCUT2D eigenvalue weighted by molar-refractivity contribution is -0.354. The number of hydrogen-bond donors (Lipinski definition) is 8. The average Bonchev–Trinajstić information content (AvgIpc) is 2.97. The zero-order chi connectivity index (χ0) is 31.3. The molecule has 0 unspecified atom stereocenters. The van der Waals surface area contributed by atoms with Crippen molar-refractivity contribution in [1.29, 1.82) is 0 Å². The van der Waals surface area contributed by atoms with Crippen molar-refractivity contribution in [3.8, 4) is 28.7 Å². The standard InChI is InChI=1S/C27H32O16/c1-8-17(30)21(34)23(36)26(39-8)43-25-22(35)19(32)15(7-28)42-27(25)41-14-6-13-16(20(33)24(14)38-3)18(31)9-4-12(37-2)10(29)5-11(9)40-13/h4-6,8,15,17,19,21-23,25-30,32-36H,7H2,1-3H3/t8-,15+,17-,19+,21-,22-,23+,25+,26-,27+/m0/s1. The Balaban J connectivity index is 1.57. The molecule has 0 amide bonds. The van der Waals surface area contributed by atoms with Crippen LogP contribution in [0.3, 0.4) is 0 Å². The molecule has 3 heterocycles. The van der Waals surface area contributed by atoms with E-state index in [0.717, 1.165) is 12.1 Å². The maximum atomic E-state index is 13.3. The minimum atomic E-state index is -1.81. The lowest BCUT2D eigenvalue weighted by Gasteiger charge is -2.45. The van der Waals surface area contributed by atoms with Crippen molar-refractivity contribution in [3.05, 3.63) is 28.4 Å². The van der Waals surface area contributed by atoms with Crippen LogP contribution in [0.25, 0.3) is 21.9 Å². The van der Waals surface area contributed by atoms with E-state index in [1.54, 1.807) is 0 Å². The highest BCUT2D eigenvalue weighted by Gasteiger charge is 2.51. The summed E-state index contributed by atoms with van der Waals surface area (Å²) < 4.78 is 38.8. The third kappa shape index (κ3) is 5.30. The van der Waals surface area contributed by atoms with Gasteiger partial charge in [0, 0.05) is 12.1 Å².